The summed E-state index contributed by atoms with van der Waals surface area (Å²) in [4.78, 5) is 18.8. The molecule has 6 nitrogen and oxygen atoms in total. The van der Waals surface area contributed by atoms with Crippen molar-refractivity contribution in [2.45, 2.75) is 6.42 Å². The Morgan fingerprint density at radius 3 is 1.82 bits per heavy atom. The average Bonchev–Trinajstić information content (AvgIpc) is 3.61. The fraction of sp³-hybridized carbons (Fsp3) is 0.0526. The van der Waals surface area contributed by atoms with E-state index in [4.69, 9.17) is 9.97 Å². The van der Waals surface area contributed by atoms with E-state index in [1.54, 1.807) is 0 Å². The Labute approximate surface area is 253 Å². The molecule has 0 saturated carbocycles. The molecule has 6 heterocycles. The number of aliphatic imine (C=N–C) groups is 1. The molecule has 0 N–H and O–H groups in total. The molecule has 1 aliphatic rings. The van der Waals surface area contributed by atoms with Crippen molar-refractivity contribution in [3.8, 4) is 33.9 Å². The average molecular weight is 567 g/mol. The molecule has 0 fully saturated rings. The van der Waals surface area contributed by atoms with Crippen molar-refractivity contribution in [2.75, 3.05) is 6.54 Å². The lowest BCUT2D eigenvalue weighted by atomic mass is 10.0. The van der Waals surface area contributed by atoms with Gasteiger partial charge in [-0.2, -0.15) is 0 Å². The third-order valence-electron chi connectivity index (χ3n) is 8.66. The van der Waals surface area contributed by atoms with Gasteiger partial charge in [-0.1, -0.05) is 60.7 Å². The SMILES string of the molecule is C1=NCCc2c1n(-c1ccccc1)c1cnc(-c3ccc(-c4cc5c6ccncc6n(-c6ccccc6)c5cn4)cc3)cc21. The molecule has 0 unspecified atom stereocenters. The summed E-state index contributed by atoms with van der Waals surface area (Å²) in [6, 6.07) is 35.9. The summed E-state index contributed by atoms with van der Waals surface area (Å²) in [6.45, 7) is 0.811. The number of hydrogen-bond donors (Lipinski definition) is 0. The molecule has 0 saturated heterocycles. The Morgan fingerprint density at radius 1 is 0.545 bits per heavy atom. The van der Waals surface area contributed by atoms with Crippen LogP contribution >= 0.6 is 0 Å². The van der Waals surface area contributed by atoms with Crippen LogP contribution in [0, 0.1) is 0 Å². The highest BCUT2D eigenvalue weighted by Gasteiger charge is 2.20. The van der Waals surface area contributed by atoms with Gasteiger partial charge in [-0.15, -0.1) is 0 Å². The van der Waals surface area contributed by atoms with Crippen molar-refractivity contribution in [1.29, 1.82) is 0 Å². The zero-order valence-electron chi connectivity index (χ0n) is 23.8. The van der Waals surface area contributed by atoms with Gasteiger partial charge in [-0.25, -0.2) is 0 Å². The molecule has 3 aromatic carbocycles. The van der Waals surface area contributed by atoms with E-state index in [2.05, 4.69) is 110 Å². The molecule has 44 heavy (non-hydrogen) atoms. The van der Waals surface area contributed by atoms with Crippen LogP contribution in [-0.2, 0) is 6.42 Å². The van der Waals surface area contributed by atoms with Gasteiger partial charge in [0, 0.05) is 57.6 Å². The van der Waals surface area contributed by atoms with E-state index in [1.807, 2.05) is 43.1 Å². The summed E-state index contributed by atoms with van der Waals surface area (Å²) < 4.78 is 4.51. The second-order valence-corrected chi connectivity index (χ2v) is 11.1. The third kappa shape index (κ3) is 3.81. The van der Waals surface area contributed by atoms with Gasteiger partial charge in [0.1, 0.15) is 0 Å². The summed E-state index contributed by atoms with van der Waals surface area (Å²) in [5.74, 6) is 0. The van der Waals surface area contributed by atoms with Crippen LogP contribution in [0.3, 0.4) is 0 Å². The predicted molar refractivity (Wildman–Crippen MR) is 178 cm³/mol. The maximum atomic E-state index is 4.93. The number of para-hydroxylation sites is 2. The summed E-state index contributed by atoms with van der Waals surface area (Å²) >= 11 is 0. The van der Waals surface area contributed by atoms with Gasteiger partial charge in [0.25, 0.3) is 0 Å². The van der Waals surface area contributed by atoms with Gasteiger partial charge in [-0.05, 0) is 54.4 Å². The maximum Gasteiger partial charge on any atom is 0.0725 e. The van der Waals surface area contributed by atoms with E-state index >= 15 is 0 Å². The molecular formula is C38H26N6. The van der Waals surface area contributed by atoms with Gasteiger partial charge >= 0.3 is 0 Å². The lowest BCUT2D eigenvalue weighted by Gasteiger charge is -2.11. The number of rotatable bonds is 4. The zero-order chi connectivity index (χ0) is 29.0. The van der Waals surface area contributed by atoms with Crippen molar-refractivity contribution in [1.82, 2.24) is 24.1 Å². The molecule has 1 aliphatic heterocycles. The third-order valence-corrected chi connectivity index (χ3v) is 8.66. The van der Waals surface area contributed by atoms with E-state index in [0.29, 0.717) is 0 Å². The number of aromatic nitrogens is 5. The number of pyridine rings is 3. The van der Waals surface area contributed by atoms with Crippen molar-refractivity contribution < 1.29 is 0 Å². The quantitative estimate of drug-likeness (QED) is 0.216. The molecule has 8 aromatic rings. The van der Waals surface area contributed by atoms with E-state index in [0.717, 1.165) is 79.9 Å². The number of fused-ring (bicyclic) bond motifs is 6. The zero-order valence-corrected chi connectivity index (χ0v) is 23.8. The molecule has 0 radical (unpaired) electrons. The second-order valence-electron chi connectivity index (χ2n) is 11.1. The maximum absolute atomic E-state index is 4.93. The molecular weight excluding hydrogens is 540 g/mol. The molecule has 5 aromatic heterocycles. The van der Waals surface area contributed by atoms with Gasteiger partial charge in [0.05, 0.1) is 52.2 Å². The van der Waals surface area contributed by atoms with Gasteiger partial charge < -0.3 is 9.13 Å². The summed E-state index contributed by atoms with van der Waals surface area (Å²) in [6.07, 6.45) is 10.7. The molecule has 6 heteroatoms. The minimum Gasteiger partial charge on any atom is -0.306 e. The first-order valence-corrected chi connectivity index (χ1v) is 14.8. The molecule has 0 bridgehead atoms. The Morgan fingerprint density at radius 2 is 1.14 bits per heavy atom. The van der Waals surface area contributed by atoms with Gasteiger partial charge in [-0.3, -0.25) is 19.9 Å². The normalized spacial score (nSPS) is 12.7. The van der Waals surface area contributed by atoms with Gasteiger partial charge in [0.2, 0.25) is 0 Å². The topological polar surface area (TPSA) is 60.9 Å². The van der Waals surface area contributed by atoms with Crippen molar-refractivity contribution in [3.63, 3.8) is 0 Å². The van der Waals surface area contributed by atoms with Crippen molar-refractivity contribution in [2.24, 2.45) is 4.99 Å². The highest BCUT2D eigenvalue weighted by Crippen LogP contribution is 2.35. The van der Waals surface area contributed by atoms with Crippen LogP contribution in [0.15, 0.2) is 133 Å². The molecule has 208 valence electrons. The lowest BCUT2D eigenvalue weighted by molar-refractivity contribution is 0.939. The highest BCUT2D eigenvalue weighted by molar-refractivity contribution is 6.09. The molecule has 0 aliphatic carbocycles. The first-order valence-electron chi connectivity index (χ1n) is 14.8. The largest absolute Gasteiger partial charge is 0.306 e. The Kier molecular flexibility index (Phi) is 5.53. The van der Waals surface area contributed by atoms with Crippen LogP contribution in [0.5, 0.6) is 0 Å². The fourth-order valence-electron chi connectivity index (χ4n) is 6.60. The number of hydrogen-bond acceptors (Lipinski definition) is 4. The van der Waals surface area contributed by atoms with E-state index < -0.39 is 0 Å². The Balaban J connectivity index is 1.12. The predicted octanol–water partition coefficient (Wildman–Crippen LogP) is 8.22. The summed E-state index contributed by atoms with van der Waals surface area (Å²) in [7, 11) is 0. The van der Waals surface area contributed by atoms with E-state index in [1.165, 1.54) is 10.9 Å². The monoisotopic (exact) mass is 566 g/mol. The Hall–Kier alpha value is -5.88. The number of benzene rings is 3. The van der Waals surface area contributed by atoms with Crippen LogP contribution in [0.4, 0.5) is 0 Å². The fourth-order valence-corrected chi connectivity index (χ4v) is 6.60. The minimum absolute atomic E-state index is 0.811. The molecule has 0 amide bonds. The van der Waals surface area contributed by atoms with Crippen LogP contribution in [0.2, 0.25) is 0 Å². The van der Waals surface area contributed by atoms with Crippen LogP contribution in [0.25, 0.3) is 66.6 Å². The first kappa shape index (κ1) is 24.7. The number of nitrogens with zero attached hydrogens (tertiary/aromatic N) is 6. The van der Waals surface area contributed by atoms with E-state index in [9.17, 15) is 0 Å². The van der Waals surface area contributed by atoms with E-state index in [-0.39, 0.29) is 0 Å². The van der Waals surface area contributed by atoms with Crippen molar-refractivity contribution in [3.05, 3.63) is 139 Å². The van der Waals surface area contributed by atoms with Crippen LogP contribution in [0.1, 0.15) is 11.3 Å². The second kappa shape index (κ2) is 9.85. The standard InChI is InChI=1S/C38H26N6/c1-3-7-27(8-4-1)43-35-21-39-17-15-29(35)31-19-33(41-23-37(31)43)25-11-13-26(14-12-25)34-20-32-30-16-18-40-22-36(30)44(38(32)24-42-34)28-9-5-2-6-10-28/h1-15,17,19-24H,16,18H2. The van der Waals surface area contributed by atoms with Crippen LogP contribution in [-0.4, -0.2) is 36.8 Å². The van der Waals surface area contributed by atoms with Crippen molar-refractivity contribution >= 4 is 38.9 Å². The molecule has 9 rings (SSSR count). The minimum atomic E-state index is 0.811. The lowest BCUT2D eigenvalue weighted by Crippen LogP contribution is -2.06. The van der Waals surface area contributed by atoms with Gasteiger partial charge in [0.15, 0.2) is 0 Å². The molecule has 0 atom stereocenters. The smallest absolute Gasteiger partial charge is 0.0725 e. The van der Waals surface area contributed by atoms with Crippen LogP contribution < -0.4 is 0 Å². The molecule has 0 spiro atoms. The Bertz CT molecular complexity index is 2370. The summed E-state index contributed by atoms with van der Waals surface area (Å²) in [5, 5.41) is 3.55. The first-order chi connectivity index (χ1) is 21.8. The summed E-state index contributed by atoms with van der Waals surface area (Å²) in [5.41, 5.74) is 12.0. The highest BCUT2D eigenvalue weighted by atomic mass is 15.0.